The Morgan fingerprint density at radius 2 is 1.94 bits per heavy atom. The summed E-state index contributed by atoms with van der Waals surface area (Å²) in [5.41, 5.74) is 1.62. The van der Waals surface area contributed by atoms with Gasteiger partial charge in [0, 0.05) is 6.20 Å². The second-order valence-electron chi connectivity index (χ2n) is 3.43. The number of hydrogen-bond donors (Lipinski definition) is 0. The van der Waals surface area contributed by atoms with E-state index in [0.29, 0.717) is 5.88 Å². The second-order valence-corrected chi connectivity index (χ2v) is 4.29. The SMILES string of the molecule is Cc1cnc(C)c(Oc2ccccc2Br)n1. The van der Waals surface area contributed by atoms with E-state index in [0.717, 1.165) is 21.6 Å². The van der Waals surface area contributed by atoms with Crippen LogP contribution in [-0.4, -0.2) is 9.97 Å². The van der Waals surface area contributed by atoms with E-state index < -0.39 is 0 Å². The predicted octanol–water partition coefficient (Wildman–Crippen LogP) is 3.65. The van der Waals surface area contributed by atoms with E-state index in [2.05, 4.69) is 25.9 Å². The summed E-state index contributed by atoms with van der Waals surface area (Å²) < 4.78 is 6.60. The number of halogens is 1. The third kappa shape index (κ3) is 2.39. The van der Waals surface area contributed by atoms with E-state index in [1.54, 1.807) is 6.20 Å². The number of rotatable bonds is 2. The van der Waals surface area contributed by atoms with Crippen molar-refractivity contribution in [1.82, 2.24) is 9.97 Å². The van der Waals surface area contributed by atoms with Gasteiger partial charge in [-0.2, -0.15) is 0 Å². The molecule has 1 aromatic carbocycles. The lowest BCUT2D eigenvalue weighted by molar-refractivity contribution is 0.451. The van der Waals surface area contributed by atoms with Crippen molar-refractivity contribution in [2.75, 3.05) is 0 Å². The third-order valence-corrected chi connectivity index (χ3v) is 2.73. The van der Waals surface area contributed by atoms with Gasteiger partial charge >= 0.3 is 0 Å². The Labute approximate surface area is 103 Å². The summed E-state index contributed by atoms with van der Waals surface area (Å²) in [7, 11) is 0. The summed E-state index contributed by atoms with van der Waals surface area (Å²) in [5.74, 6) is 1.29. The molecule has 0 saturated heterocycles. The molecule has 0 spiro atoms. The van der Waals surface area contributed by atoms with Crippen molar-refractivity contribution in [3.05, 3.63) is 46.3 Å². The van der Waals surface area contributed by atoms with Crippen LogP contribution in [0.15, 0.2) is 34.9 Å². The van der Waals surface area contributed by atoms with Gasteiger partial charge in [-0.1, -0.05) is 12.1 Å². The largest absolute Gasteiger partial charge is 0.436 e. The number of nitrogens with zero attached hydrogens (tertiary/aromatic N) is 2. The molecule has 1 aromatic heterocycles. The molecule has 16 heavy (non-hydrogen) atoms. The zero-order valence-corrected chi connectivity index (χ0v) is 10.7. The van der Waals surface area contributed by atoms with Gasteiger partial charge in [-0.25, -0.2) is 4.98 Å². The Morgan fingerprint density at radius 1 is 1.19 bits per heavy atom. The molecule has 0 amide bonds. The van der Waals surface area contributed by atoms with Crippen molar-refractivity contribution < 1.29 is 4.74 Å². The lowest BCUT2D eigenvalue weighted by Gasteiger charge is -2.08. The molecule has 3 nitrogen and oxygen atoms in total. The third-order valence-electron chi connectivity index (χ3n) is 2.08. The summed E-state index contributed by atoms with van der Waals surface area (Å²) in [4.78, 5) is 8.51. The van der Waals surface area contributed by atoms with Crippen LogP contribution in [0.5, 0.6) is 11.6 Å². The van der Waals surface area contributed by atoms with Gasteiger partial charge < -0.3 is 4.74 Å². The summed E-state index contributed by atoms with van der Waals surface area (Å²) in [6.07, 6.45) is 1.72. The number of hydrogen-bond acceptors (Lipinski definition) is 3. The molecule has 0 saturated carbocycles. The maximum absolute atomic E-state index is 5.70. The molecular weight excluding hydrogens is 268 g/mol. The highest BCUT2D eigenvalue weighted by atomic mass is 79.9. The normalized spacial score (nSPS) is 10.2. The van der Waals surface area contributed by atoms with Gasteiger partial charge in [0.15, 0.2) is 0 Å². The van der Waals surface area contributed by atoms with Gasteiger partial charge in [0.05, 0.1) is 15.9 Å². The van der Waals surface area contributed by atoms with E-state index >= 15 is 0 Å². The monoisotopic (exact) mass is 278 g/mol. The lowest BCUT2D eigenvalue weighted by Crippen LogP contribution is -1.96. The van der Waals surface area contributed by atoms with Gasteiger partial charge in [-0.05, 0) is 41.9 Å². The molecule has 2 rings (SSSR count). The van der Waals surface area contributed by atoms with Crippen molar-refractivity contribution in [2.45, 2.75) is 13.8 Å². The van der Waals surface area contributed by atoms with Crippen LogP contribution in [0.25, 0.3) is 0 Å². The predicted molar refractivity (Wildman–Crippen MR) is 65.7 cm³/mol. The Bertz CT molecular complexity index is 514. The van der Waals surface area contributed by atoms with Gasteiger partial charge in [0.1, 0.15) is 5.75 Å². The summed E-state index contributed by atoms with van der Waals surface area (Å²) >= 11 is 3.42. The molecule has 0 fully saturated rings. The zero-order chi connectivity index (χ0) is 11.5. The first-order valence-corrected chi connectivity index (χ1v) is 5.69. The Kier molecular flexibility index (Phi) is 3.19. The molecule has 0 radical (unpaired) electrons. The van der Waals surface area contributed by atoms with Crippen LogP contribution in [0.2, 0.25) is 0 Å². The smallest absolute Gasteiger partial charge is 0.241 e. The minimum absolute atomic E-state index is 0.548. The van der Waals surface area contributed by atoms with Crippen LogP contribution in [0, 0.1) is 13.8 Å². The van der Waals surface area contributed by atoms with Crippen molar-refractivity contribution in [3.8, 4) is 11.6 Å². The second kappa shape index (κ2) is 4.61. The van der Waals surface area contributed by atoms with E-state index in [4.69, 9.17) is 4.74 Å². The summed E-state index contributed by atoms with van der Waals surface area (Å²) in [6.45, 7) is 3.76. The van der Waals surface area contributed by atoms with Crippen molar-refractivity contribution in [1.29, 1.82) is 0 Å². The van der Waals surface area contributed by atoms with E-state index in [-0.39, 0.29) is 0 Å². The number of benzene rings is 1. The molecule has 0 aliphatic heterocycles. The molecule has 0 bridgehead atoms. The van der Waals surface area contributed by atoms with Crippen molar-refractivity contribution >= 4 is 15.9 Å². The first-order valence-electron chi connectivity index (χ1n) is 4.89. The molecule has 0 aliphatic rings. The summed E-state index contributed by atoms with van der Waals surface area (Å²) in [5, 5.41) is 0. The van der Waals surface area contributed by atoms with Crippen LogP contribution in [0.3, 0.4) is 0 Å². The average molecular weight is 279 g/mol. The molecule has 0 unspecified atom stereocenters. The molecule has 0 aliphatic carbocycles. The van der Waals surface area contributed by atoms with Crippen molar-refractivity contribution in [3.63, 3.8) is 0 Å². The lowest BCUT2D eigenvalue weighted by atomic mass is 10.3. The quantitative estimate of drug-likeness (QED) is 0.841. The number of para-hydroxylation sites is 1. The highest BCUT2D eigenvalue weighted by Crippen LogP contribution is 2.29. The van der Waals surface area contributed by atoms with E-state index in [1.165, 1.54) is 0 Å². The maximum Gasteiger partial charge on any atom is 0.241 e. The van der Waals surface area contributed by atoms with Crippen LogP contribution >= 0.6 is 15.9 Å². The first kappa shape index (κ1) is 11.1. The fourth-order valence-electron chi connectivity index (χ4n) is 1.24. The molecule has 4 heteroatoms. The van der Waals surface area contributed by atoms with Gasteiger partial charge in [-0.3, -0.25) is 4.98 Å². The minimum Gasteiger partial charge on any atom is -0.436 e. The molecular formula is C12H11BrN2O. The molecule has 82 valence electrons. The van der Waals surface area contributed by atoms with E-state index in [9.17, 15) is 0 Å². The Hall–Kier alpha value is -1.42. The Morgan fingerprint density at radius 3 is 2.69 bits per heavy atom. The van der Waals surface area contributed by atoms with Crippen molar-refractivity contribution in [2.24, 2.45) is 0 Å². The minimum atomic E-state index is 0.548. The number of aromatic nitrogens is 2. The van der Waals surface area contributed by atoms with Gasteiger partial charge in [0.2, 0.25) is 5.88 Å². The molecule has 2 aromatic rings. The standard InChI is InChI=1S/C12H11BrN2O/c1-8-7-14-9(2)12(15-8)16-11-6-4-3-5-10(11)13/h3-7H,1-2H3. The Balaban J connectivity index is 2.34. The topological polar surface area (TPSA) is 35.0 Å². The van der Waals surface area contributed by atoms with E-state index in [1.807, 2.05) is 38.1 Å². The number of ether oxygens (including phenoxy) is 1. The fourth-order valence-corrected chi connectivity index (χ4v) is 1.61. The van der Waals surface area contributed by atoms with Crippen LogP contribution in [-0.2, 0) is 0 Å². The molecule has 1 heterocycles. The highest BCUT2D eigenvalue weighted by molar-refractivity contribution is 9.10. The maximum atomic E-state index is 5.70. The van der Waals surface area contributed by atoms with Crippen LogP contribution in [0.4, 0.5) is 0 Å². The highest BCUT2D eigenvalue weighted by Gasteiger charge is 2.06. The molecule has 0 N–H and O–H groups in total. The number of aryl methyl sites for hydroxylation is 2. The molecule has 0 atom stereocenters. The average Bonchev–Trinajstić information content (AvgIpc) is 2.27. The first-order chi connectivity index (χ1) is 7.66. The van der Waals surface area contributed by atoms with Crippen LogP contribution in [0.1, 0.15) is 11.4 Å². The fraction of sp³-hybridized carbons (Fsp3) is 0.167. The van der Waals surface area contributed by atoms with Crippen LogP contribution < -0.4 is 4.74 Å². The zero-order valence-electron chi connectivity index (χ0n) is 9.07. The summed E-state index contributed by atoms with van der Waals surface area (Å²) in [6, 6.07) is 7.66. The van der Waals surface area contributed by atoms with Gasteiger partial charge in [-0.15, -0.1) is 0 Å². The van der Waals surface area contributed by atoms with Gasteiger partial charge in [0.25, 0.3) is 0 Å².